The average Bonchev–Trinajstić information content (AvgIpc) is 2.64. The zero-order valence-electron chi connectivity index (χ0n) is 14.6. The summed E-state index contributed by atoms with van der Waals surface area (Å²) in [6, 6.07) is 10.8. The highest BCUT2D eigenvalue weighted by atomic mass is 35.5. The van der Waals surface area contributed by atoms with Gasteiger partial charge in [0.15, 0.2) is 0 Å². The summed E-state index contributed by atoms with van der Waals surface area (Å²) in [6.45, 7) is 4.17. The topological polar surface area (TPSA) is 23.6 Å². The van der Waals surface area contributed by atoms with Crippen molar-refractivity contribution in [1.82, 2.24) is 4.90 Å². The number of benzene rings is 2. The van der Waals surface area contributed by atoms with Gasteiger partial charge < -0.3 is 9.80 Å². The fourth-order valence-corrected chi connectivity index (χ4v) is 3.39. The Morgan fingerprint density at radius 2 is 1.73 bits per heavy atom. The number of anilines is 1. The van der Waals surface area contributed by atoms with Crippen LogP contribution in [-0.4, -0.2) is 37.0 Å². The fraction of sp³-hybridized carbons (Fsp3) is 0.350. The number of nitrogens with zero attached hydrogens (tertiary/aromatic N) is 2. The van der Waals surface area contributed by atoms with Crippen LogP contribution in [0.3, 0.4) is 0 Å². The number of hydrogen-bond acceptors (Lipinski definition) is 2. The van der Waals surface area contributed by atoms with Crippen molar-refractivity contribution >= 4 is 23.2 Å². The molecular weight excluding hydrogens is 358 g/mol. The minimum Gasteiger partial charge on any atom is -0.366 e. The molecule has 1 aliphatic heterocycles. The lowest BCUT2D eigenvalue weighted by Crippen LogP contribution is -2.49. The first-order chi connectivity index (χ1) is 12.4. The van der Waals surface area contributed by atoms with E-state index in [0.717, 1.165) is 5.56 Å². The Morgan fingerprint density at radius 3 is 2.38 bits per heavy atom. The van der Waals surface area contributed by atoms with Crippen molar-refractivity contribution in [3.63, 3.8) is 0 Å². The number of amides is 1. The van der Waals surface area contributed by atoms with E-state index in [0.29, 0.717) is 43.3 Å². The molecule has 0 N–H and O–H groups in total. The number of carbonyl (C=O) groups excluding carboxylic acids is 1. The number of carbonyl (C=O) groups is 1. The normalized spacial score (nSPS) is 15.8. The summed E-state index contributed by atoms with van der Waals surface area (Å²) in [5, 5.41) is 0.494. The van der Waals surface area contributed by atoms with Crippen molar-refractivity contribution in [1.29, 1.82) is 0 Å². The van der Waals surface area contributed by atoms with Gasteiger partial charge in [-0.05, 0) is 41.8 Å². The molecule has 26 heavy (non-hydrogen) atoms. The van der Waals surface area contributed by atoms with E-state index in [2.05, 4.69) is 0 Å². The van der Waals surface area contributed by atoms with Crippen molar-refractivity contribution < 1.29 is 13.6 Å². The van der Waals surface area contributed by atoms with Gasteiger partial charge in [0.25, 0.3) is 0 Å². The number of rotatable bonds is 4. The van der Waals surface area contributed by atoms with Gasteiger partial charge >= 0.3 is 0 Å². The minimum atomic E-state index is -0.306. The highest BCUT2D eigenvalue weighted by Crippen LogP contribution is 2.25. The quantitative estimate of drug-likeness (QED) is 0.784. The summed E-state index contributed by atoms with van der Waals surface area (Å²) in [7, 11) is 0. The molecule has 0 spiro atoms. The number of hydrogen-bond donors (Lipinski definition) is 0. The molecule has 1 atom stereocenters. The van der Waals surface area contributed by atoms with Gasteiger partial charge in [0.05, 0.1) is 5.69 Å². The molecule has 6 heteroatoms. The van der Waals surface area contributed by atoms with Crippen LogP contribution in [0.5, 0.6) is 0 Å². The molecule has 1 heterocycles. The van der Waals surface area contributed by atoms with Crippen molar-refractivity contribution in [2.24, 2.45) is 0 Å². The Kier molecular flexibility index (Phi) is 5.77. The number of piperazine rings is 1. The zero-order chi connectivity index (χ0) is 18.7. The van der Waals surface area contributed by atoms with E-state index in [4.69, 9.17) is 11.6 Å². The van der Waals surface area contributed by atoms with Crippen molar-refractivity contribution in [2.45, 2.75) is 19.3 Å². The molecule has 0 bridgehead atoms. The molecule has 3 rings (SSSR count). The Labute approximate surface area is 157 Å². The molecule has 2 aromatic rings. The fourth-order valence-electron chi connectivity index (χ4n) is 3.23. The molecule has 0 saturated carbocycles. The third-order valence-corrected chi connectivity index (χ3v) is 5.04. The molecule has 138 valence electrons. The number of halogens is 3. The second kappa shape index (κ2) is 8.04. The molecule has 2 aromatic carbocycles. The Morgan fingerprint density at radius 1 is 1.08 bits per heavy atom. The SMILES string of the molecule is CC(CC(=O)N1CCN(c2cc(Cl)ccc2F)CC1)c1ccc(F)cc1. The first-order valence-corrected chi connectivity index (χ1v) is 9.05. The molecule has 1 amide bonds. The highest BCUT2D eigenvalue weighted by molar-refractivity contribution is 6.30. The van der Waals surface area contributed by atoms with Gasteiger partial charge in [-0.2, -0.15) is 0 Å². The predicted molar refractivity (Wildman–Crippen MR) is 99.6 cm³/mol. The van der Waals surface area contributed by atoms with Crippen LogP contribution >= 0.6 is 11.6 Å². The smallest absolute Gasteiger partial charge is 0.223 e. The standard InChI is InChI=1S/C20H21ClF2N2O/c1-14(15-2-5-17(22)6-3-15)12-20(26)25-10-8-24(9-11-25)19-13-16(21)4-7-18(19)23/h2-7,13-14H,8-12H2,1H3. The first kappa shape index (κ1) is 18.6. The summed E-state index contributed by atoms with van der Waals surface area (Å²) in [4.78, 5) is 16.3. The predicted octanol–water partition coefficient (Wildman–Crippen LogP) is 4.46. The van der Waals surface area contributed by atoms with Crippen LogP contribution in [0.25, 0.3) is 0 Å². The van der Waals surface area contributed by atoms with Gasteiger partial charge in [-0.15, -0.1) is 0 Å². The summed E-state index contributed by atoms with van der Waals surface area (Å²) in [5.74, 6) is -0.504. The Balaban J connectivity index is 1.56. The monoisotopic (exact) mass is 378 g/mol. The van der Waals surface area contributed by atoms with E-state index in [9.17, 15) is 13.6 Å². The molecule has 1 fully saturated rings. The first-order valence-electron chi connectivity index (χ1n) is 8.67. The third-order valence-electron chi connectivity index (χ3n) is 4.80. The maximum absolute atomic E-state index is 14.0. The van der Waals surface area contributed by atoms with Crippen LogP contribution in [0.4, 0.5) is 14.5 Å². The summed E-state index contributed by atoms with van der Waals surface area (Å²) < 4.78 is 27.0. The van der Waals surface area contributed by atoms with Crippen LogP contribution in [0.1, 0.15) is 24.8 Å². The minimum absolute atomic E-state index is 0.0199. The van der Waals surface area contributed by atoms with Crippen LogP contribution in [-0.2, 0) is 4.79 Å². The second-order valence-electron chi connectivity index (χ2n) is 6.62. The summed E-state index contributed by atoms with van der Waals surface area (Å²) in [6.07, 6.45) is 0.372. The molecule has 0 radical (unpaired) electrons. The van der Waals surface area contributed by atoms with E-state index in [1.54, 1.807) is 23.1 Å². The van der Waals surface area contributed by atoms with Crippen LogP contribution in [0.15, 0.2) is 42.5 Å². The van der Waals surface area contributed by atoms with Gasteiger partial charge in [-0.1, -0.05) is 30.7 Å². The molecule has 0 aromatic heterocycles. The molecule has 3 nitrogen and oxygen atoms in total. The molecular formula is C20H21ClF2N2O. The lowest BCUT2D eigenvalue weighted by Gasteiger charge is -2.36. The molecule has 1 unspecified atom stereocenters. The lowest BCUT2D eigenvalue weighted by molar-refractivity contribution is -0.131. The van der Waals surface area contributed by atoms with E-state index in [-0.39, 0.29) is 23.5 Å². The van der Waals surface area contributed by atoms with Gasteiger partial charge in [0.2, 0.25) is 5.91 Å². The zero-order valence-corrected chi connectivity index (χ0v) is 15.3. The Bertz CT molecular complexity index is 774. The van der Waals surface area contributed by atoms with Gasteiger partial charge in [-0.25, -0.2) is 8.78 Å². The van der Waals surface area contributed by atoms with E-state index in [1.807, 2.05) is 11.8 Å². The van der Waals surface area contributed by atoms with Crippen LogP contribution in [0, 0.1) is 11.6 Å². The maximum Gasteiger partial charge on any atom is 0.223 e. The van der Waals surface area contributed by atoms with Crippen LogP contribution < -0.4 is 4.90 Å². The lowest BCUT2D eigenvalue weighted by atomic mass is 9.97. The van der Waals surface area contributed by atoms with E-state index < -0.39 is 0 Å². The summed E-state index contributed by atoms with van der Waals surface area (Å²) >= 11 is 5.96. The average molecular weight is 379 g/mol. The van der Waals surface area contributed by atoms with E-state index in [1.165, 1.54) is 24.3 Å². The highest BCUT2D eigenvalue weighted by Gasteiger charge is 2.24. The third kappa shape index (κ3) is 4.33. The second-order valence-corrected chi connectivity index (χ2v) is 7.06. The van der Waals surface area contributed by atoms with Crippen molar-refractivity contribution in [3.05, 3.63) is 64.7 Å². The maximum atomic E-state index is 14.0. The molecule has 1 saturated heterocycles. The van der Waals surface area contributed by atoms with Gasteiger partial charge in [0.1, 0.15) is 11.6 Å². The van der Waals surface area contributed by atoms with Crippen LogP contribution in [0.2, 0.25) is 5.02 Å². The largest absolute Gasteiger partial charge is 0.366 e. The van der Waals surface area contributed by atoms with Gasteiger partial charge in [-0.3, -0.25) is 4.79 Å². The van der Waals surface area contributed by atoms with Gasteiger partial charge in [0, 0.05) is 37.6 Å². The Hall–Kier alpha value is -2.14. The summed E-state index contributed by atoms with van der Waals surface area (Å²) in [5.41, 5.74) is 1.42. The molecule has 0 aliphatic carbocycles. The molecule has 1 aliphatic rings. The van der Waals surface area contributed by atoms with Crippen molar-refractivity contribution in [3.8, 4) is 0 Å². The van der Waals surface area contributed by atoms with Crippen molar-refractivity contribution in [2.75, 3.05) is 31.1 Å². The van der Waals surface area contributed by atoms with E-state index >= 15 is 0 Å².